The Bertz CT molecular complexity index is 1340. The highest BCUT2D eigenvalue weighted by Crippen LogP contribution is 2.45. The molecule has 35 heavy (non-hydrogen) atoms. The molecule has 1 aliphatic heterocycles. The van der Waals surface area contributed by atoms with Gasteiger partial charge in [0.05, 0.1) is 12.6 Å². The van der Waals surface area contributed by atoms with Gasteiger partial charge in [-0.2, -0.15) is 5.10 Å². The van der Waals surface area contributed by atoms with Crippen molar-refractivity contribution in [3.05, 3.63) is 100 Å². The zero-order valence-electron chi connectivity index (χ0n) is 19.1. The van der Waals surface area contributed by atoms with Gasteiger partial charge in [0.2, 0.25) is 0 Å². The van der Waals surface area contributed by atoms with Crippen LogP contribution in [0.2, 0.25) is 5.02 Å². The Hall–Kier alpha value is -3.81. The van der Waals surface area contributed by atoms with E-state index in [9.17, 15) is 9.90 Å². The number of amides is 1. The first kappa shape index (κ1) is 23.0. The number of methoxy groups -OCH3 is 1. The molecule has 1 atom stereocenters. The van der Waals surface area contributed by atoms with Crippen molar-refractivity contribution in [3.8, 4) is 22.8 Å². The summed E-state index contributed by atoms with van der Waals surface area (Å²) >= 11 is 6.20. The lowest BCUT2D eigenvalue weighted by Gasteiger charge is -2.26. The highest BCUT2D eigenvalue weighted by molar-refractivity contribution is 6.31. The predicted molar refractivity (Wildman–Crippen MR) is 133 cm³/mol. The minimum Gasteiger partial charge on any atom is -0.507 e. The fourth-order valence-corrected chi connectivity index (χ4v) is 4.53. The van der Waals surface area contributed by atoms with Crippen molar-refractivity contribution in [1.29, 1.82) is 0 Å². The van der Waals surface area contributed by atoms with E-state index in [1.165, 1.54) is 6.07 Å². The van der Waals surface area contributed by atoms with Crippen molar-refractivity contribution >= 4 is 17.5 Å². The number of nitrogens with zero attached hydrogens (tertiary/aromatic N) is 2. The number of aromatic nitrogens is 2. The minimum atomic E-state index is -0.414. The highest BCUT2D eigenvalue weighted by Gasteiger charge is 2.42. The van der Waals surface area contributed by atoms with Crippen LogP contribution in [0.5, 0.6) is 11.5 Å². The zero-order valence-corrected chi connectivity index (χ0v) is 19.8. The summed E-state index contributed by atoms with van der Waals surface area (Å²) in [6.45, 7) is 1.25. The van der Waals surface area contributed by atoms with Crippen molar-refractivity contribution in [2.24, 2.45) is 0 Å². The van der Waals surface area contributed by atoms with Crippen LogP contribution in [0.1, 0.15) is 33.2 Å². The van der Waals surface area contributed by atoms with E-state index in [0.29, 0.717) is 47.3 Å². The molecule has 7 nitrogen and oxygen atoms in total. The average molecular weight is 490 g/mol. The van der Waals surface area contributed by atoms with Crippen LogP contribution in [-0.2, 0) is 11.3 Å². The third kappa shape index (κ3) is 4.48. The van der Waals surface area contributed by atoms with Gasteiger partial charge in [0.25, 0.3) is 5.91 Å². The van der Waals surface area contributed by atoms with E-state index in [1.807, 2.05) is 54.6 Å². The summed E-state index contributed by atoms with van der Waals surface area (Å²) in [6.07, 6.45) is 0. The van der Waals surface area contributed by atoms with Gasteiger partial charge in [-0.05, 0) is 41.5 Å². The second kappa shape index (κ2) is 9.82. The van der Waals surface area contributed by atoms with E-state index in [-0.39, 0.29) is 11.7 Å². The lowest BCUT2D eigenvalue weighted by atomic mass is 9.95. The van der Waals surface area contributed by atoms with Crippen LogP contribution < -0.4 is 4.74 Å². The van der Waals surface area contributed by atoms with Gasteiger partial charge in [0.1, 0.15) is 29.5 Å². The Balaban J connectivity index is 1.50. The van der Waals surface area contributed by atoms with Gasteiger partial charge in [0.15, 0.2) is 0 Å². The molecular formula is C27H24ClN3O4. The summed E-state index contributed by atoms with van der Waals surface area (Å²) in [5, 5.41) is 18.2. The summed E-state index contributed by atoms with van der Waals surface area (Å²) < 4.78 is 11.2. The molecule has 0 fully saturated rings. The number of H-pyrrole nitrogens is 1. The number of phenols is 1. The molecule has 5 rings (SSSR count). The van der Waals surface area contributed by atoms with E-state index < -0.39 is 6.04 Å². The van der Waals surface area contributed by atoms with Gasteiger partial charge in [-0.3, -0.25) is 9.89 Å². The van der Waals surface area contributed by atoms with E-state index in [0.717, 1.165) is 16.9 Å². The topological polar surface area (TPSA) is 87.7 Å². The fraction of sp³-hybridized carbons (Fsp3) is 0.185. The van der Waals surface area contributed by atoms with Crippen LogP contribution in [0.15, 0.2) is 72.8 Å². The number of aromatic hydroxyl groups is 1. The molecule has 0 bridgehead atoms. The molecule has 0 saturated carbocycles. The number of carbonyl (C=O) groups excluding carboxylic acids is 1. The van der Waals surface area contributed by atoms with E-state index >= 15 is 0 Å². The number of ether oxygens (including phenoxy) is 2. The monoisotopic (exact) mass is 489 g/mol. The van der Waals surface area contributed by atoms with E-state index in [2.05, 4.69) is 10.2 Å². The molecule has 0 radical (unpaired) electrons. The smallest absolute Gasteiger partial charge is 0.273 e. The molecule has 8 heteroatoms. The molecule has 0 aliphatic carbocycles. The minimum absolute atomic E-state index is 0.0369. The number of rotatable bonds is 8. The van der Waals surface area contributed by atoms with Crippen LogP contribution >= 0.6 is 11.6 Å². The average Bonchev–Trinajstić information content (AvgIpc) is 3.42. The van der Waals surface area contributed by atoms with Crippen molar-refractivity contribution < 1.29 is 19.4 Å². The molecule has 178 valence electrons. The maximum Gasteiger partial charge on any atom is 0.273 e. The largest absolute Gasteiger partial charge is 0.507 e. The molecule has 2 heterocycles. The molecule has 1 unspecified atom stereocenters. The SMILES string of the molecule is COCCN1C(=O)c2[nH]nc(-c3cc(Cl)ccc3O)c2C1c1ccc(OCc2ccccc2)cc1. The van der Waals surface area contributed by atoms with Gasteiger partial charge in [0, 0.05) is 29.8 Å². The van der Waals surface area contributed by atoms with Gasteiger partial charge in [-0.1, -0.05) is 54.1 Å². The molecule has 1 aromatic heterocycles. The Labute approximate surface area is 207 Å². The van der Waals surface area contributed by atoms with Crippen molar-refractivity contribution in [2.75, 3.05) is 20.3 Å². The summed E-state index contributed by atoms with van der Waals surface area (Å²) in [6, 6.07) is 22.0. The van der Waals surface area contributed by atoms with Crippen molar-refractivity contribution in [1.82, 2.24) is 15.1 Å². The van der Waals surface area contributed by atoms with Gasteiger partial charge < -0.3 is 19.5 Å². The number of phenolic OH excluding ortho intramolecular Hbond substituents is 1. The van der Waals surface area contributed by atoms with E-state index in [1.54, 1.807) is 24.1 Å². The third-order valence-corrected chi connectivity index (χ3v) is 6.29. The number of carbonyl (C=O) groups is 1. The normalized spacial score (nSPS) is 14.9. The zero-order chi connectivity index (χ0) is 24.4. The van der Waals surface area contributed by atoms with Crippen LogP contribution in [0.4, 0.5) is 0 Å². The lowest BCUT2D eigenvalue weighted by Crippen LogP contribution is -2.32. The molecule has 4 aromatic rings. The Morgan fingerprint density at radius 1 is 1.09 bits per heavy atom. The molecular weight excluding hydrogens is 466 g/mol. The number of benzene rings is 3. The standard InChI is InChI=1S/C27H24ClN3O4/c1-34-14-13-31-26(18-7-10-20(11-8-18)35-16-17-5-3-2-4-6-17)23-24(29-30-25(23)27(31)33)21-15-19(28)9-12-22(21)32/h2-12,15,26,32H,13-14,16H2,1H3,(H,29,30). The van der Waals surface area contributed by atoms with Gasteiger partial charge in [-0.15, -0.1) is 0 Å². The van der Waals surface area contributed by atoms with Crippen LogP contribution in [0.25, 0.3) is 11.3 Å². The Morgan fingerprint density at radius 2 is 1.86 bits per heavy atom. The Morgan fingerprint density at radius 3 is 2.60 bits per heavy atom. The number of hydrogen-bond donors (Lipinski definition) is 2. The third-order valence-electron chi connectivity index (χ3n) is 6.06. The van der Waals surface area contributed by atoms with Crippen molar-refractivity contribution in [3.63, 3.8) is 0 Å². The lowest BCUT2D eigenvalue weighted by molar-refractivity contribution is 0.0677. The number of nitrogens with one attached hydrogen (secondary N) is 1. The number of aromatic amines is 1. The van der Waals surface area contributed by atoms with Crippen LogP contribution in [-0.4, -0.2) is 46.4 Å². The van der Waals surface area contributed by atoms with Gasteiger partial charge in [-0.25, -0.2) is 0 Å². The maximum atomic E-state index is 13.3. The summed E-state index contributed by atoms with van der Waals surface area (Å²) in [4.78, 5) is 15.0. The summed E-state index contributed by atoms with van der Waals surface area (Å²) in [5.74, 6) is 0.590. The van der Waals surface area contributed by atoms with Crippen molar-refractivity contribution in [2.45, 2.75) is 12.6 Å². The van der Waals surface area contributed by atoms with Crippen LogP contribution in [0, 0.1) is 0 Å². The predicted octanol–water partition coefficient (Wildman–Crippen LogP) is 5.21. The first-order valence-electron chi connectivity index (χ1n) is 11.2. The summed E-state index contributed by atoms with van der Waals surface area (Å²) in [5.41, 5.74) is 4.01. The van der Waals surface area contributed by atoms with Gasteiger partial charge >= 0.3 is 0 Å². The quantitative estimate of drug-likeness (QED) is 0.355. The molecule has 1 aliphatic rings. The Kier molecular flexibility index (Phi) is 6.44. The van der Waals surface area contributed by atoms with Crippen LogP contribution in [0.3, 0.4) is 0 Å². The second-order valence-corrected chi connectivity index (χ2v) is 8.70. The number of halogens is 1. The number of fused-ring (bicyclic) bond motifs is 1. The first-order valence-corrected chi connectivity index (χ1v) is 11.6. The number of hydrogen-bond acceptors (Lipinski definition) is 5. The maximum absolute atomic E-state index is 13.3. The highest BCUT2D eigenvalue weighted by atomic mass is 35.5. The molecule has 0 spiro atoms. The first-order chi connectivity index (χ1) is 17.1. The molecule has 0 saturated heterocycles. The molecule has 1 amide bonds. The summed E-state index contributed by atoms with van der Waals surface area (Å²) in [7, 11) is 1.60. The molecule has 3 aromatic carbocycles. The second-order valence-electron chi connectivity index (χ2n) is 8.26. The molecule has 2 N–H and O–H groups in total. The fourth-order valence-electron chi connectivity index (χ4n) is 4.35. The van der Waals surface area contributed by atoms with E-state index in [4.69, 9.17) is 21.1 Å².